The maximum absolute atomic E-state index is 12.6. The van der Waals surface area contributed by atoms with E-state index in [1.807, 2.05) is 48.2 Å². The zero-order valence-corrected chi connectivity index (χ0v) is 15.2. The van der Waals surface area contributed by atoms with Crippen LogP contribution in [-0.2, 0) is 4.79 Å². The van der Waals surface area contributed by atoms with E-state index in [1.165, 1.54) is 11.1 Å². The van der Waals surface area contributed by atoms with E-state index in [4.69, 9.17) is 4.52 Å². The molecule has 26 heavy (non-hydrogen) atoms. The monoisotopic (exact) mass is 347 g/mol. The lowest BCUT2D eigenvalue weighted by Gasteiger charge is -2.19. The van der Waals surface area contributed by atoms with E-state index in [0.717, 1.165) is 16.8 Å². The van der Waals surface area contributed by atoms with E-state index in [9.17, 15) is 4.79 Å². The Morgan fingerprint density at radius 2 is 1.85 bits per heavy atom. The maximum Gasteiger partial charge on any atom is 0.257 e. The molecule has 0 spiro atoms. The van der Waals surface area contributed by atoms with Crippen molar-refractivity contribution in [3.63, 3.8) is 0 Å². The number of nitrogens with zero attached hydrogens (tertiary/aromatic N) is 3. The van der Waals surface area contributed by atoms with Crippen LogP contribution < -0.4 is 4.90 Å². The molecular weight excluding hydrogens is 326 g/mol. The second-order valence-electron chi connectivity index (χ2n) is 6.95. The first kappa shape index (κ1) is 16.5. The summed E-state index contributed by atoms with van der Waals surface area (Å²) in [6, 6.07) is 14.0. The van der Waals surface area contributed by atoms with Crippen LogP contribution in [0.1, 0.15) is 34.9 Å². The molecule has 0 radical (unpaired) electrons. The first-order valence-electron chi connectivity index (χ1n) is 8.80. The minimum absolute atomic E-state index is 0.0506. The molecule has 1 amide bonds. The Hall–Kier alpha value is -2.95. The van der Waals surface area contributed by atoms with Crippen LogP contribution >= 0.6 is 0 Å². The molecule has 1 unspecified atom stereocenters. The average molecular weight is 347 g/mol. The van der Waals surface area contributed by atoms with Crippen LogP contribution in [-0.4, -0.2) is 22.6 Å². The SMILES string of the molecule is Cc1ccc(-c2nc(C3CC(=O)N(c4cccc(C)c4C)C3)no2)cc1. The van der Waals surface area contributed by atoms with E-state index in [2.05, 4.69) is 30.1 Å². The highest BCUT2D eigenvalue weighted by Gasteiger charge is 2.35. The van der Waals surface area contributed by atoms with Gasteiger partial charge in [-0.25, -0.2) is 0 Å². The Balaban J connectivity index is 1.58. The first-order valence-corrected chi connectivity index (χ1v) is 8.80. The molecule has 2 heterocycles. The molecule has 0 N–H and O–H groups in total. The lowest BCUT2D eigenvalue weighted by atomic mass is 10.1. The van der Waals surface area contributed by atoms with E-state index < -0.39 is 0 Å². The topological polar surface area (TPSA) is 59.2 Å². The van der Waals surface area contributed by atoms with Gasteiger partial charge in [0.05, 0.1) is 0 Å². The summed E-state index contributed by atoms with van der Waals surface area (Å²) in [7, 11) is 0. The van der Waals surface area contributed by atoms with Crippen LogP contribution in [0.4, 0.5) is 5.69 Å². The molecule has 4 rings (SSSR count). The van der Waals surface area contributed by atoms with E-state index in [-0.39, 0.29) is 11.8 Å². The van der Waals surface area contributed by atoms with Gasteiger partial charge in [-0.2, -0.15) is 4.98 Å². The third-order valence-electron chi connectivity index (χ3n) is 5.10. The van der Waals surface area contributed by atoms with E-state index in [1.54, 1.807) is 0 Å². The van der Waals surface area contributed by atoms with Crippen molar-refractivity contribution in [3.05, 3.63) is 65.0 Å². The Kier molecular flexibility index (Phi) is 4.07. The second-order valence-corrected chi connectivity index (χ2v) is 6.95. The van der Waals surface area contributed by atoms with Crippen molar-refractivity contribution in [3.8, 4) is 11.5 Å². The van der Waals surface area contributed by atoms with Crippen LogP contribution in [0.5, 0.6) is 0 Å². The standard InChI is InChI=1S/C21H21N3O2/c1-13-7-9-16(10-8-13)21-22-20(23-26-21)17-11-19(25)24(12-17)18-6-4-5-14(2)15(18)3/h4-10,17H,11-12H2,1-3H3. The average Bonchev–Trinajstić information content (AvgIpc) is 3.25. The molecule has 2 aromatic carbocycles. The van der Waals surface area contributed by atoms with Gasteiger partial charge in [0.15, 0.2) is 5.82 Å². The number of aryl methyl sites for hydroxylation is 2. The van der Waals surface area contributed by atoms with Gasteiger partial charge in [-0.15, -0.1) is 0 Å². The van der Waals surface area contributed by atoms with Crippen molar-refractivity contribution in [2.75, 3.05) is 11.4 Å². The second kappa shape index (κ2) is 6.41. The van der Waals surface area contributed by atoms with Crippen LogP contribution in [0.2, 0.25) is 0 Å². The fraction of sp³-hybridized carbons (Fsp3) is 0.286. The number of carbonyl (C=O) groups is 1. The molecule has 0 saturated carbocycles. The number of aromatic nitrogens is 2. The third-order valence-corrected chi connectivity index (χ3v) is 5.10. The molecule has 0 bridgehead atoms. The summed E-state index contributed by atoms with van der Waals surface area (Å²) in [5, 5.41) is 4.13. The first-order chi connectivity index (χ1) is 12.5. The minimum atomic E-state index is -0.0506. The third kappa shape index (κ3) is 2.90. The summed E-state index contributed by atoms with van der Waals surface area (Å²) in [5.74, 6) is 1.15. The molecule has 3 aromatic rings. The van der Waals surface area contributed by atoms with Crippen LogP contribution in [0.3, 0.4) is 0 Å². The maximum atomic E-state index is 12.6. The van der Waals surface area contributed by atoms with Crippen LogP contribution in [0, 0.1) is 20.8 Å². The fourth-order valence-electron chi connectivity index (χ4n) is 3.36. The highest BCUT2D eigenvalue weighted by molar-refractivity contribution is 5.97. The number of amides is 1. The predicted molar refractivity (Wildman–Crippen MR) is 100 cm³/mol. The van der Waals surface area contributed by atoms with Crippen molar-refractivity contribution in [2.45, 2.75) is 33.1 Å². The summed E-state index contributed by atoms with van der Waals surface area (Å²) in [6.07, 6.45) is 0.403. The fourth-order valence-corrected chi connectivity index (χ4v) is 3.36. The summed E-state index contributed by atoms with van der Waals surface area (Å²) in [6.45, 7) is 6.73. The normalized spacial score (nSPS) is 17.1. The van der Waals surface area contributed by atoms with Crippen molar-refractivity contribution >= 4 is 11.6 Å². The number of hydrogen-bond acceptors (Lipinski definition) is 4. The number of benzene rings is 2. The predicted octanol–water partition coefficient (Wildman–Crippen LogP) is 4.18. The number of carbonyl (C=O) groups excluding carboxylic acids is 1. The molecule has 5 heteroatoms. The Morgan fingerprint density at radius 3 is 2.62 bits per heavy atom. The zero-order valence-electron chi connectivity index (χ0n) is 15.2. The van der Waals surface area contributed by atoms with Gasteiger partial charge < -0.3 is 9.42 Å². The van der Waals surface area contributed by atoms with Gasteiger partial charge in [-0.3, -0.25) is 4.79 Å². The Bertz CT molecular complexity index is 960. The molecule has 132 valence electrons. The van der Waals surface area contributed by atoms with Gasteiger partial charge in [0.25, 0.3) is 5.89 Å². The highest BCUT2D eigenvalue weighted by atomic mass is 16.5. The smallest absolute Gasteiger partial charge is 0.257 e. The van der Waals surface area contributed by atoms with Crippen LogP contribution in [0.15, 0.2) is 47.0 Å². The highest BCUT2D eigenvalue weighted by Crippen LogP contribution is 2.33. The molecule has 1 fully saturated rings. The lowest BCUT2D eigenvalue weighted by molar-refractivity contribution is -0.117. The molecule has 1 atom stereocenters. The summed E-state index contributed by atoms with van der Waals surface area (Å²) < 4.78 is 5.43. The van der Waals surface area contributed by atoms with Crippen molar-refractivity contribution in [1.82, 2.24) is 10.1 Å². The van der Waals surface area contributed by atoms with Crippen LogP contribution in [0.25, 0.3) is 11.5 Å². The van der Waals surface area contributed by atoms with Gasteiger partial charge in [-0.1, -0.05) is 35.0 Å². The molecule has 1 saturated heterocycles. The largest absolute Gasteiger partial charge is 0.334 e. The molecule has 1 aliphatic rings. The molecule has 1 aliphatic heterocycles. The van der Waals surface area contributed by atoms with Crippen molar-refractivity contribution in [1.29, 1.82) is 0 Å². The molecular formula is C21H21N3O2. The van der Waals surface area contributed by atoms with Gasteiger partial charge in [0.2, 0.25) is 5.91 Å². The lowest BCUT2D eigenvalue weighted by Crippen LogP contribution is -2.25. The van der Waals surface area contributed by atoms with Crippen molar-refractivity contribution < 1.29 is 9.32 Å². The molecule has 0 aliphatic carbocycles. The number of rotatable bonds is 3. The number of anilines is 1. The van der Waals surface area contributed by atoms with Gasteiger partial charge >= 0.3 is 0 Å². The summed E-state index contributed by atoms with van der Waals surface area (Å²) >= 11 is 0. The quantitative estimate of drug-likeness (QED) is 0.713. The Morgan fingerprint density at radius 1 is 1.08 bits per heavy atom. The van der Waals surface area contributed by atoms with Gasteiger partial charge in [-0.05, 0) is 50.1 Å². The molecule has 5 nitrogen and oxygen atoms in total. The summed E-state index contributed by atoms with van der Waals surface area (Å²) in [4.78, 5) is 19.0. The zero-order chi connectivity index (χ0) is 18.3. The Labute approximate surface area is 152 Å². The van der Waals surface area contributed by atoms with Gasteiger partial charge in [0.1, 0.15) is 0 Å². The minimum Gasteiger partial charge on any atom is -0.334 e. The van der Waals surface area contributed by atoms with E-state index >= 15 is 0 Å². The summed E-state index contributed by atoms with van der Waals surface area (Å²) in [5.41, 5.74) is 5.36. The number of hydrogen-bond donors (Lipinski definition) is 0. The molecule has 1 aromatic heterocycles. The van der Waals surface area contributed by atoms with E-state index in [0.29, 0.717) is 24.7 Å². The van der Waals surface area contributed by atoms with Crippen molar-refractivity contribution in [2.24, 2.45) is 0 Å². The van der Waals surface area contributed by atoms with Gasteiger partial charge in [0, 0.05) is 30.1 Å².